The first-order valence-corrected chi connectivity index (χ1v) is 16.1. The molecule has 9 nitrogen and oxygen atoms in total. The summed E-state index contributed by atoms with van der Waals surface area (Å²) in [6, 6.07) is 9.85. The van der Waals surface area contributed by atoms with Gasteiger partial charge in [-0.2, -0.15) is 8.42 Å². The second kappa shape index (κ2) is 13.9. The third kappa shape index (κ3) is 9.07. The zero-order valence-electron chi connectivity index (χ0n) is 25.1. The Labute approximate surface area is 244 Å². The van der Waals surface area contributed by atoms with E-state index in [9.17, 15) is 22.6 Å². The molecule has 228 valence electrons. The Balaban J connectivity index is 1.63. The molecule has 1 aliphatic rings. The van der Waals surface area contributed by atoms with Crippen molar-refractivity contribution in [2.75, 3.05) is 13.1 Å². The monoisotopic (exact) mass is 590 g/mol. The van der Waals surface area contributed by atoms with Gasteiger partial charge in [0.25, 0.3) is 15.7 Å². The molecule has 1 N–H and O–H groups in total. The summed E-state index contributed by atoms with van der Waals surface area (Å²) in [5.41, 5.74) is 0.237. The lowest BCUT2D eigenvalue weighted by Gasteiger charge is -2.33. The fourth-order valence-corrected chi connectivity index (χ4v) is 5.90. The van der Waals surface area contributed by atoms with Crippen LogP contribution < -0.4 is 10.3 Å². The fraction of sp³-hybridized carbons (Fsp3) is 0.613. The summed E-state index contributed by atoms with van der Waals surface area (Å²) in [6.45, 7) is 10.3. The number of piperidine rings is 1. The number of pyridine rings is 1. The van der Waals surface area contributed by atoms with Gasteiger partial charge in [-0.05, 0) is 57.9 Å². The van der Waals surface area contributed by atoms with Gasteiger partial charge in [0.15, 0.2) is 0 Å². The fourth-order valence-electron chi connectivity index (χ4n) is 5.06. The van der Waals surface area contributed by atoms with Crippen molar-refractivity contribution in [3.05, 3.63) is 58.5 Å². The number of hydrogen-bond acceptors (Lipinski definition) is 6. The predicted molar refractivity (Wildman–Crippen MR) is 160 cm³/mol. The maximum atomic E-state index is 12.9. The minimum atomic E-state index is -4.35. The summed E-state index contributed by atoms with van der Waals surface area (Å²) in [7, 11) is -4.35. The largest absolute Gasteiger partial charge is 0.490 e. The van der Waals surface area contributed by atoms with E-state index in [1.165, 1.54) is 17.1 Å². The van der Waals surface area contributed by atoms with Crippen molar-refractivity contribution in [3.8, 4) is 11.4 Å². The molecule has 0 aliphatic carbocycles. The lowest BCUT2D eigenvalue weighted by atomic mass is 9.93. The van der Waals surface area contributed by atoms with Crippen LogP contribution >= 0.6 is 0 Å². The first kappa shape index (κ1) is 32.7. The molecule has 0 saturated carbocycles. The maximum Gasteiger partial charge on any atom is 0.410 e. The number of likely N-dealkylation sites (tertiary alicyclic amines) is 1. The average Bonchev–Trinajstić information content (AvgIpc) is 2.89. The van der Waals surface area contributed by atoms with Crippen LogP contribution in [0.2, 0.25) is 0 Å². The Morgan fingerprint density at radius 3 is 2.15 bits per heavy atom. The molecular weight excluding hydrogens is 544 g/mol. The van der Waals surface area contributed by atoms with Crippen LogP contribution in [-0.2, 0) is 19.6 Å². The normalized spacial score (nSPS) is 16.3. The number of hydrogen-bond donors (Lipinski definition) is 1. The van der Waals surface area contributed by atoms with Crippen molar-refractivity contribution < 1.29 is 27.2 Å². The second-order valence-corrected chi connectivity index (χ2v) is 14.0. The lowest BCUT2D eigenvalue weighted by molar-refractivity contribution is 0.0126. The Bertz CT molecular complexity index is 1310. The first-order valence-electron chi connectivity index (χ1n) is 14.7. The van der Waals surface area contributed by atoms with E-state index in [4.69, 9.17) is 9.47 Å². The molecule has 1 atom stereocenters. The molecule has 2 aromatic rings. The SMILES string of the molecule is CCCCCCCCC(C)(c1ccc(-n2ccc(OC3CCN(C(=O)OC(C)(C)C)CC3)cc2=O)cc1)S(=O)(=O)O. The van der Waals surface area contributed by atoms with Crippen LogP contribution in [0.1, 0.15) is 98.0 Å². The van der Waals surface area contributed by atoms with E-state index in [1.54, 1.807) is 48.4 Å². The van der Waals surface area contributed by atoms with Crippen LogP contribution in [0, 0.1) is 0 Å². The molecule has 1 amide bonds. The van der Waals surface area contributed by atoms with Gasteiger partial charge in [-0.25, -0.2) is 4.79 Å². The highest BCUT2D eigenvalue weighted by Gasteiger charge is 2.39. The molecule has 3 rings (SSSR count). The molecule has 0 spiro atoms. The number of rotatable bonds is 12. The van der Waals surface area contributed by atoms with Gasteiger partial charge in [-0.1, -0.05) is 57.6 Å². The molecule has 41 heavy (non-hydrogen) atoms. The van der Waals surface area contributed by atoms with E-state index in [1.807, 2.05) is 20.8 Å². The Morgan fingerprint density at radius 1 is 0.976 bits per heavy atom. The third-order valence-corrected chi connectivity index (χ3v) is 9.20. The molecule has 0 bridgehead atoms. The summed E-state index contributed by atoms with van der Waals surface area (Å²) >= 11 is 0. The van der Waals surface area contributed by atoms with E-state index in [0.717, 1.165) is 25.7 Å². The van der Waals surface area contributed by atoms with Crippen LogP contribution in [0.5, 0.6) is 5.75 Å². The van der Waals surface area contributed by atoms with Crippen LogP contribution in [-0.4, -0.2) is 53.3 Å². The number of aromatic nitrogens is 1. The van der Waals surface area contributed by atoms with Crippen LogP contribution in [0.3, 0.4) is 0 Å². The Morgan fingerprint density at radius 2 is 1.59 bits per heavy atom. The number of ether oxygens (including phenoxy) is 2. The summed E-state index contributed by atoms with van der Waals surface area (Å²) in [5, 5.41) is 0. The Kier molecular flexibility index (Phi) is 11.1. The Hall–Kier alpha value is -2.85. The molecule has 1 unspecified atom stereocenters. The van der Waals surface area contributed by atoms with E-state index in [2.05, 4.69) is 6.92 Å². The number of carbonyl (C=O) groups is 1. The lowest BCUT2D eigenvalue weighted by Crippen LogP contribution is -2.44. The van der Waals surface area contributed by atoms with Gasteiger partial charge in [0.05, 0.1) is 0 Å². The van der Waals surface area contributed by atoms with Gasteiger partial charge >= 0.3 is 6.09 Å². The highest BCUT2D eigenvalue weighted by Crippen LogP contribution is 2.35. The van der Waals surface area contributed by atoms with Gasteiger partial charge < -0.3 is 14.4 Å². The molecular formula is C31H46N2O7S. The van der Waals surface area contributed by atoms with E-state index >= 15 is 0 Å². The number of nitrogens with zero attached hydrogens (tertiary/aromatic N) is 2. The maximum absolute atomic E-state index is 12.9. The minimum Gasteiger partial charge on any atom is -0.490 e. The molecule has 2 heterocycles. The second-order valence-electron chi connectivity index (χ2n) is 12.1. The van der Waals surface area contributed by atoms with Gasteiger partial charge in [-0.15, -0.1) is 0 Å². The van der Waals surface area contributed by atoms with Crippen LogP contribution in [0.15, 0.2) is 47.4 Å². The van der Waals surface area contributed by atoms with Crippen molar-refractivity contribution in [1.29, 1.82) is 0 Å². The molecule has 1 fully saturated rings. The highest BCUT2D eigenvalue weighted by molar-refractivity contribution is 7.86. The summed E-state index contributed by atoms with van der Waals surface area (Å²) < 4.78 is 46.4. The van der Waals surface area contributed by atoms with Crippen molar-refractivity contribution in [2.45, 2.75) is 109 Å². The molecule has 1 aliphatic heterocycles. The van der Waals surface area contributed by atoms with E-state index in [0.29, 0.717) is 55.8 Å². The highest BCUT2D eigenvalue weighted by atomic mass is 32.2. The summed E-state index contributed by atoms with van der Waals surface area (Å²) in [6.07, 6.45) is 8.85. The number of unbranched alkanes of at least 4 members (excludes halogenated alkanes) is 5. The van der Waals surface area contributed by atoms with Gasteiger partial charge in [0.2, 0.25) is 0 Å². The number of carbonyl (C=O) groups excluding carboxylic acids is 1. The number of benzene rings is 1. The minimum absolute atomic E-state index is 0.118. The topological polar surface area (TPSA) is 115 Å². The molecule has 1 saturated heterocycles. The van der Waals surface area contributed by atoms with Gasteiger partial charge in [0.1, 0.15) is 22.2 Å². The van der Waals surface area contributed by atoms with Crippen LogP contribution in [0.25, 0.3) is 5.69 Å². The van der Waals surface area contributed by atoms with E-state index in [-0.39, 0.29) is 17.8 Å². The van der Waals surface area contributed by atoms with Crippen molar-refractivity contribution >= 4 is 16.2 Å². The smallest absolute Gasteiger partial charge is 0.410 e. The quantitative estimate of drug-likeness (QED) is 0.223. The van der Waals surface area contributed by atoms with E-state index < -0.39 is 20.5 Å². The van der Waals surface area contributed by atoms with Gasteiger partial charge in [-0.3, -0.25) is 13.9 Å². The van der Waals surface area contributed by atoms with Crippen LogP contribution in [0.4, 0.5) is 4.79 Å². The summed E-state index contributed by atoms with van der Waals surface area (Å²) in [5.74, 6) is 0.455. The zero-order chi connectivity index (χ0) is 30.3. The standard InChI is InChI=1S/C31H46N2O7S/c1-6-7-8-9-10-11-19-31(5,41(36,37)38)24-12-14-25(15-13-24)33-22-18-27(23-28(33)34)39-26-16-20-32(21-17-26)29(35)40-30(2,3)4/h12-15,18,22-23,26H,6-11,16-17,19-21H2,1-5H3,(H,36,37,38). The number of amides is 1. The third-order valence-electron chi connectivity index (χ3n) is 7.62. The van der Waals surface area contributed by atoms with Crippen molar-refractivity contribution in [3.63, 3.8) is 0 Å². The molecule has 10 heteroatoms. The summed E-state index contributed by atoms with van der Waals surface area (Å²) in [4.78, 5) is 26.9. The van der Waals surface area contributed by atoms with Crippen molar-refractivity contribution in [2.24, 2.45) is 0 Å². The molecule has 0 radical (unpaired) electrons. The predicted octanol–water partition coefficient (Wildman–Crippen LogP) is 6.47. The van der Waals surface area contributed by atoms with Gasteiger partial charge in [0, 0.05) is 43.9 Å². The molecule has 1 aromatic carbocycles. The average molecular weight is 591 g/mol. The van der Waals surface area contributed by atoms with Crippen molar-refractivity contribution in [1.82, 2.24) is 9.47 Å². The zero-order valence-corrected chi connectivity index (χ0v) is 25.9. The molecule has 1 aromatic heterocycles. The first-order chi connectivity index (χ1) is 19.2.